The summed E-state index contributed by atoms with van der Waals surface area (Å²) in [5, 5.41) is 0.00551. The van der Waals surface area contributed by atoms with Gasteiger partial charge in [0.2, 0.25) is 5.95 Å². The highest BCUT2D eigenvalue weighted by atomic mass is 35.5. The van der Waals surface area contributed by atoms with Crippen molar-refractivity contribution in [1.82, 2.24) is 4.98 Å². The number of rotatable bonds is 2. The van der Waals surface area contributed by atoms with E-state index in [1.165, 1.54) is 0 Å². The van der Waals surface area contributed by atoms with Crippen LogP contribution in [0.3, 0.4) is 0 Å². The van der Waals surface area contributed by atoms with Crippen LogP contribution in [0.1, 0.15) is 17.3 Å². The molecule has 1 heterocycles. The van der Waals surface area contributed by atoms with Gasteiger partial charge in [0.15, 0.2) is 0 Å². The van der Waals surface area contributed by atoms with Crippen LogP contribution in [0.4, 0.5) is 4.39 Å². The molecular formula is C8H7ClFNO2. The second kappa shape index (κ2) is 4.18. The Labute approximate surface area is 79.5 Å². The Balaban J connectivity index is 2.95. The smallest absolute Gasteiger partial charge is 0.341 e. The molecule has 1 rings (SSSR count). The van der Waals surface area contributed by atoms with Gasteiger partial charge < -0.3 is 4.74 Å². The van der Waals surface area contributed by atoms with E-state index in [-0.39, 0.29) is 17.2 Å². The number of aromatic nitrogens is 1. The van der Waals surface area contributed by atoms with Crippen molar-refractivity contribution in [3.8, 4) is 0 Å². The van der Waals surface area contributed by atoms with Crippen molar-refractivity contribution < 1.29 is 13.9 Å². The molecule has 0 bridgehead atoms. The lowest BCUT2D eigenvalue weighted by Crippen LogP contribution is -2.06. The molecule has 0 aliphatic rings. The van der Waals surface area contributed by atoms with Gasteiger partial charge in [0, 0.05) is 12.3 Å². The van der Waals surface area contributed by atoms with Crippen molar-refractivity contribution >= 4 is 17.6 Å². The summed E-state index contributed by atoms with van der Waals surface area (Å²) in [4.78, 5) is 14.4. The Bertz CT molecular complexity index is 330. The van der Waals surface area contributed by atoms with Crippen LogP contribution in [-0.4, -0.2) is 17.6 Å². The molecule has 0 aliphatic heterocycles. The number of hydrogen-bond donors (Lipinski definition) is 0. The van der Waals surface area contributed by atoms with E-state index in [9.17, 15) is 9.18 Å². The van der Waals surface area contributed by atoms with E-state index in [1.54, 1.807) is 6.92 Å². The Morgan fingerprint density at radius 1 is 1.77 bits per heavy atom. The van der Waals surface area contributed by atoms with Crippen LogP contribution < -0.4 is 0 Å². The summed E-state index contributed by atoms with van der Waals surface area (Å²) in [6.07, 6.45) is 1.05. The van der Waals surface area contributed by atoms with E-state index in [0.717, 1.165) is 12.3 Å². The molecule has 0 spiro atoms. The van der Waals surface area contributed by atoms with Gasteiger partial charge in [-0.3, -0.25) is 0 Å². The maximum Gasteiger partial charge on any atom is 0.341 e. The topological polar surface area (TPSA) is 39.2 Å². The third-order valence-electron chi connectivity index (χ3n) is 1.32. The average molecular weight is 204 g/mol. The maximum atomic E-state index is 12.4. The molecule has 1 aromatic heterocycles. The van der Waals surface area contributed by atoms with E-state index < -0.39 is 11.9 Å². The van der Waals surface area contributed by atoms with Crippen LogP contribution in [0.5, 0.6) is 0 Å². The number of ether oxygens (including phenoxy) is 1. The fourth-order valence-electron chi connectivity index (χ4n) is 0.767. The number of pyridine rings is 1. The van der Waals surface area contributed by atoms with E-state index in [1.807, 2.05) is 0 Å². The first-order chi connectivity index (χ1) is 6.15. The van der Waals surface area contributed by atoms with Gasteiger partial charge in [-0.1, -0.05) is 11.6 Å². The average Bonchev–Trinajstić information content (AvgIpc) is 2.04. The SMILES string of the molecule is CCOC(=O)c1cnc(F)cc1Cl. The Morgan fingerprint density at radius 2 is 2.46 bits per heavy atom. The Kier molecular flexibility index (Phi) is 3.19. The second-order valence-electron chi connectivity index (χ2n) is 2.21. The van der Waals surface area contributed by atoms with Crippen LogP contribution in [0.2, 0.25) is 5.02 Å². The molecule has 0 fully saturated rings. The van der Waals surface area contributed by atoms with Gasteiger partial charge in [-0.05, 0) is 6.92 Å². The number of nitrogens with zero attached hydrogens (tertiary/aromatic N) is 1. The van der Waals surface area contributed by atoms with Crippen molar-refractivity contribution in [2.24, 2.45) is 0 Å². The number of esters is 1. The fourth-order valence-corrected chi connectivity index (χ4v) is 0.983. The summed E-state index contributed by atoms with van der Waals surface area (Å²) in [6.45, 7) is 1.91. The van der Waals surface area contributed by atoms with E-state index >= 15 is 0 Å². The minimum Gasteiger partial charge on any atom is -0.462 e. The lowest BCUT2D eigenvalue weighted by molar-refractivity contribution is 0.0526. The highest BCUT2D eigenvalue weighted by Crippen LogP contribution is 2.16. The molecule has 0 unspecified atom stereocenters. The zero-order valence-corrected chi connectivity index (χ0v) is 7.64. The van der Waals surface area contributed by atoms with Crippen molar-refractivity contribution in [2.45, 2.75) is 6.92 Å². The predicted octanol–water partition coefficient (Wildman–Crippen LogP) is 2.05. The molecule has 3 nitrogen and oxygen atoms in total. The predicted molar refractivity (Wildman–Crippen MR) is 45.2 cm³/mol. The van der Waals surface area contributed by atoms with Crippen LogP contribution in [0.25, 0.3) is 0 Å². The minimum absolute atomic E-state index is 0.00551. The van der Waals surface area contributed by atoms with E-state index in [4.69, 9.17) is 11.6 Å². The summed E-state index contributed by atoms with van der Waals surface area (Å²) in [5.74, 6) is -1.32. The molecule has 70 valence electrons. The molecule has 0 saturated carbocycles. The fraction of sp³-hybridized carbons (Fsp3) is 0.250. The van der Waals surface area contributed by atoms with Crippen molar-refractivity contribution in [2.75, 3.05) is 6.61 Å². The molecule has 0 amide bonds. The van der Waals surface area contributed by atoms with E-state index in [2.05, 4.69) is 9.72 Å². The van der Waals surface area contributed by atoms with Gasteiger partial charge in [0.1, 0.15) is 0 Å². The zero-order chi connectivity index (χ0) is 9.84. The van der Waals surface area contributed by atoms with Crippen molar-refractivity contribution in [1.29, 1.82) is 0 Å². The third-order valence-corrected chi connectivity index (χ3v) is 1.63. The molecule has 0 saturated heterocycles. The first kappa shape index (κ1) is 9.92. The Hall–Kier alpha value is -1.16. The number of halogens is 2. The molecule has 0 aliphatic carbocycles. The first-order valence-corrected chi connectivity index (χ1v) is 4.01. The van der Waals surface area contributed by atoms with Crippen LogP contribution >= 0.6 is 11.6 Å². The third kappa shape index (κ3) is 2.39. The van der Waals surface area contributed by atoms with Gasteiger partial charge in [-0.2, -0.15) is 4.39 Å². The van der Waals surface area contributed by atoms with E-state index in [0.29, 0.717) is 0 Å². The molecular weight excluding hydrogens is 197 g/mol. The lowest BCUT2D eigenvalue weighted by atomic mass is 10.3. The Morgan fingerprint density at radius 3 is 3.00 bits per heavy atom. The summed E-state index contributed by atoms with van der Waals surface area (Å²) in [7, 11) is 0. The van der Waals surface area contributed by atoms with Gasteiger partial charge in [-0.15, -0.1) is 0 Å². The summed E-state index contributed by atoms with van der Waals surface area (Å²) < 4.78 is 17.1. The normalized spacial score (nSPS) is 9.77. The quantitative estimate of drug-likeness (QED) is 0.546. The lowest BCUT2D eigenvalue weighted by Gasteiger charge is -2.02. The van der Waals surface area contributed by atoms with Gasteiger partial charge >= 0.3 is 5.97 Å². The van der Waals surface area contributed by atoms with Gasteiger partial charge in [0.25, 0.3) is 0 Å². The monoisotopic (exact) mass is 203 g/mol. The van der Waals surface area contributed by atoms with Crippen LogP contribution in [-0.2, 0) is 4.74 Å². The molecule has 0 radical (unpaired) electrons. The molecule has 1 aromatic rings. The summed E-state index contributed by atoms with van der Waals surface area (Å²) >= 11 is 5.58. The number of carbonyl (C=O) groups is 1. The zero-order valence-electron chi connectivity index (χ0n) is 6.88. The molecule has 13 heavy (non-hydrogen) atoms. The van der Waals surface area contributed by atoms with Gasteiger partial charge in [-0.25, -0.2) is 9.78 Å². The summed E-state index contributed by atoms with van der Waals surface area (Å²) in [6, 6.07) is 0.966. The largest absolute Gasteiger partial charge is 0.462 e. The van der Waals surface area contributed by atoms with Crippen molar-refractivity contribution in [3.63, 3.8) is 0 Å². The molecule has 0 N–H and O–H groups in total. The minimum atomic E-state index is -0.724. The van der Waals surface area contributed by atoms with Crippen LogP contribution in [0, 0.1) is 5.95 Å². The molecule has 5 heteroatoms. The number of carbonyl (C=O) groups excluding carboxylic acids is 1. The highest BCUT2D eigenvalue weighted by Gasteiger charge is 2.12. The first-order valence-electron chi connectivity index (χ1n) is 3.63. The molecule has 0 atom stereocenters. The highest BCUT2D eigenvalue weighted by molar-refractivity contribution is 6.33. The standard InChI is InChI=1S/C8H7ClFNO2/c1-2-13-8(12)5-4-11-7(10)3-6(5)9/h3-4H,2H2,1H3. The second-order valence-corrected chi connectivity index (χ2v) is 2.61. The van der Waals surface area contributed by atoms with Crippen molar-refractivity contribution in [3.05, 3.63) is 28.8 Å². The molecule has 0 aromatic carbocycles. The summed E-state index contributed by atoms with van der Waals surface area (Å²) in [5.41, 5.74) is 0.0740. The number of hydrogen-bond acceptors (Lipinski definition) is 3. The maximum absolute atomic E-state index is 12.4. The van der Waals surface area contributed by atoms with Crippen LogP contribution in [0.15, 0.2) is 12.3 Å². The van der Waals surface area contributed by atoms with Gasteiger partial charge in [0.05, 0.1) is 17.2 Å².